The van der Waals surface area contributed by atoms with E-state index in [0.29, 0.717) is 0 Å². The van der Waals surface area contributed by atoms with E-state index in [-0.39, 0.29) is 6.61 Å². The maximum Gasteiger partial charge on any atom is 0.0955 e. The van der Waals surface area contributed by atoms with Crippen LogP contribution >= 0.6 is 0 Å². The van der Waals surface area contributed by atoms with Gasteiger partial charge in [0.25, 0.3) is 0 Å². The highest BCUT2D eigenvalue weighted by atomic mass is 16.2. The first kappa shape index (κ1) is 12.1. The number of nitrogens with zero attached hydrogens (tertiary/aromatic N) is 2. The molecule has 0 atom stereocenters. The Hall–Kier alpha value is -1.39. The summed E-state index contributed by atoms with van der Waals surface area (Å²) in [5.74, 6) is 0. The Kier molecular flexibility index (Phi) is 4.12. The average molecular weight is 233 g/mol. The fraction of sp³-hybridized carbons (Fsp3) is 0.462. The molecule has 2 N–H and O–H groups in total. The molecule has 0 aliphatic carbocycles. The zero-order valence-electron chi connectivity index (χ0n) is 10.2. The average Bonchev–Trinajstić information content (AvgIpc) is 2.71. The number of aryl methyl sites for hydroxylation is 1. The molecule has 1 heterocycles. The van der Waals surface area contributed by atoms with Crippen LogP contribution in [-0.2, 0) is 13.6 Å². The maximum absolute atomic E-state index is 8.66. The van der Waals surface area contributed by atoms with E-state index in [1.165, 1.54) is 5.56 Å². The highest BCUT2D eigenvalue weighted by Gasteiger charge is 2.00. The van der Waals surface area contributed by atoms with Gasteiger partial charge in [0.15, 0.2) is 0 Å². The number of imidazole rings is 1. The smallest absolute Gasteiger partial charge is 0.0955 e. The van der Waals surface area contributed by atoms with Crippen LogP contribution in [0.4, 0.5) is 0 Å². The van der Waals surface area contributed by atoms with Gasteiger partial charge in [-0.1, -0.05) is 6.07 Å². The molecule has 4 heteroatoms. The predicted octanol–water partition coefficient (Wildman–Crippen LogP) is 1.44. The standard InChI is InChI=1S/C13H19N3O/c1-16-10-15-12-8-11(4-5-13(12)16)9-14-6-2-3-7-17/h4-5,8,10,14,17H,2-3,6-7,9H2,1H3. The summed E-state index contributed by atoms with van der Waals surface area (Å²) in [7, 11) is 2.00. The topological polar surface area (TPSA) is 50.1 Å². The Labute approximate surface area is 101 Å². The molecule has 0 aliphatic heterocycles. The van der Waals surface area contributed by atoms with Gasteiger partial charge in [-0.25, -0.2) is 4.98 Å². The van der Waals surface area contributed by atoms with Crippen LogP contribution in [0.2, 0.25) is 0 Å². The van der Waals surface area contributed by atoms with Gasteiger partial charge in [0, 0.05) is 20.2 Å². The van der Waals surface area contributed by atoms with Gasteiger partial charge in [-0.15, -0.1) is 0 Å². The number of aliphatic hydroxyl groups excluding tert-OH is 1. The Morgan fingerprint density at radius 3 is 3.06 bits per heavy atom. The molecule has 4 nitrogen and oxygen atoms in total. The summed E-state index contributed by atoms with van der Waals surface area (Å²) in [6, 6.07) is 6.35. The molecule has 0 saturated carbocycles. The highest BCUT2D eigenvalue weighted by Crippen LogP contribution is 2.13. The van der Waals surface area contributed by atoms with E-state index in [0.717, 1.165) is 37.0 Å². The molecule has 0 radical (unpaired) electrons. The minimum atomic E-state index is 0.279. The van der Waals surface area contributed by atoms with Crippen molar-refractivity contribution < 1.29 is 5.11 Å². The first-order valence-electron chi connectivity index (χ1n) is 6.03. The monoisotopic (exact) mass is 233 g/mol. The lowest BCUT2D eigenvalue weighted by molar-refractivity contribution is 0.283. The molecule has 0 saturated heterocycles. The third kappa shape index (κ3) is 3.05. The third-order valence-corrected chi connectivity index (χ3v) is 2.88. The van der Waals surface area contributed by atoms with E-state index in [2.05, 4.69) is 28.5 Å². The van der Waals surface area contributed by atoms with Crippen LogP contribution in [0.1, 0.15) is 18.4 Å². The first-order valence-corrected chi connectivity index (χ1v) is 6.03. The number of aliphatic hydroxyl groups is 1. The Morgan fingerprint density at radius 1 is 1.35 bits per heavy atom. The van der Waals surface area contributed by atoms with Crippen LogP contribution in [0, 0.1) is 0 Å². The van der Waals surface area contributed by atoms with Gasteiger partial charge >= 0.3 is 0 Å². The van der Waals surface area contributed by atoms with Gasteiger partial charge < -0.3 is 15.0 Å². The number of rotatable bonds is 6. The predicted molar refractivity (Wildman–Crippen MR) is 68.7 cm³/mol. The molecular weight excluding hydrogens is 214 g/mol. The van der Waals surface area contributed by atoms with E-state index in [1.807, 2.05) is 17.9 Å². The Bertz CT molecular complexity index is 478. The molecular formula is C13H19N3O. The van der Waals surface area contributed by atoms with E-state index >= 15 is 0 Å². The maximum atomic E-state index is 8.66. The van der Waals surface area contributed by atoms with E-state index < -0.39 is 0 Å². The second-order valence-corrected chi connectivity index (χ2v) is 4.29. The highest BCUT2D eigenvalue weighted by molar-refractivity contribution is 5.75. The van der Waals surface area contributed by atoms with Crippen molar-refractivity contribution in [2.45, 2.75) is 19.4 Å². The number of unbranched alkanes of at least 4 members (excludes halogenated alkanes) is 1. The lowest BCUT2D eigenvalue weighted by Crippen LogP contribution is -2.14. The van der Waals surface area contributed by atoms with E-state index in [1.54, 1.807) is 0 Å². The minimum absolute atomic E-state index is 0.279. The summed E-state index contributed by atoms with van der Waals surface area (Å²) >= 11 is 0. The number of nitrogens with one attached hydrogen (secondary N) is 1. The van der Waals surface area contributed by atoms with Crippen molar-refractivity contribution in [2.24, 2.45) is 7.05 Å². The van der Waals surface area contributed by atoms with Gasteiger partial charge in [0.2, 0.25) is 0 Å². The van der Waals surface area contributed by atoms with Crippen LogP contribution in [0.3, 0.4) is 0 Å². The summed E-state index contributed by atoms with van der Waals surface area (Å²) in [5.41, 5.74) is 3.45. The molecule has 0 amide bonds. The SMILES string of the molecule is Cn1cnc2cc(CNCCCCO)ccc21. The molecule has 1 aromatic carbocycles. The van der Waals surface area contributed by atoms with Crippen LogP contribution < -0.4 is 5.32 Å². The fourth-order valence-electron chi connectivity index (χ4n) is 1.89. The zero-order valence-corrected chi connectivity index (χ0v) is 10.2. The molecule has 2 aromatic rings. The van der Waals surface area contributed by atoms with Gasteiger partial charge in [-0.3, -0.25) is 0 Å². The largest absolute Gasteiger partial charge is 0.396 e. The summed E-state index contributed by atoms with van der Waals surface area (Å²) in [6.07, 6.45) is 3.72. The minimum Gasteiger partial charge on any atom is -0.396 e. The molecule has 0 bridgehead atoms. The molecule has 17 heavy (non-hydrogen) atoms. The number of fused-ring (bicyclic) bond motifs is 1. The molecule has 92 valence electrons. The van der Waals surface area contributed by atoms with Crippen LogP contribution in [0.25, 0.3) is 11.0 Å². The van der Waals surface area contributed by atoms with Crippen molar-refractivity contribution in [3.8, 4) is 0 Å². The van der Waals surface area contributed by atoms with Crippen LogP contribution in [0.15, 0.2) is 24.5 Å². The molecule has 0 unspecified atom stereocenters. The molecule has 1 aromatic heterocycles. The molecule has 2 rings (SSSR count). The van der Waals surface area contributed by atoms with Crippen molar-refractivity contribution in [1.29, 1.82) is 0 Å². The summed E-state index contributed by atoms with van der Waals surface area (Å²) < 4.78 is 2.02. The van der Waals surface area contributed by atoms with Gasteiger partial charge in [-0.05, 0) is 37.1 Å². The molecule has 0 fully saturated rings. The van der Waals surface area contributed by atoms with Crippen LogP contribution in [0.5, 0.6) is 0 Å². The summed E-state index contributed by atoms with van der Waals surface area (Å²) in [6.45, 7) is 2.08. The van der Waals surface area contributed by atoms with Crippen molar-refractivity contribution in [1.82, 2.24) is 14.9 Å². The van der Waals surface area contributed by atoms with Gasteiger partial charge in [-0.2, -0.15) is 0 Å². The normalized spacial score (nSPS) is 11.2. The Balaban J connectivity index is 1.91. The summed E-state index contributed by atoms with van der Waals surface area (Å²) in [4.78, 5) is 4.34. The first-order chi connectivity index (χ1) is 8.31. The lowest BCUT2D eigenvalue weighted by atomic mass is 10.2. The van der Waals surface area contributed by atoms with Crippen molar-refractivity contribution in [2.75, 3.05) is 13.2 Å². The number of hydrogen-bond donors (Lipinski definition) is 2. The van der Waals surface area contributed by atoms with Crippen molar-refractivity contribution in [3.63, 3.8) is 0 Å². The molecule has 0 aliphatic rings. The van der Waals surface area contributed by atoms with Crippen LogP contribution in [-0.4, -0.2) is 27.8 Å². The molecule has 0 spiro atoms. The van der Waals surface area contributed by atoms with Gasteiger partial charge in [0.1, 0.15) is 0 Å². The fourth-order valence-corrected chi connectivity index (χ4v) is 1.89. The second kappa shape index (κ2) is 5.80. The number of benzene rings is 1. The van der Waals surface area contributed by atoms with Crippen molar-refractivity contribution in [3.05, 3.63) is 30.1 Å². The second-order valence-electron chi connectivity index (χ2n) is 4.29. The summed E-state index contributed by atoms with van der Waals surface area (Å²) in [5, 5.41) is 12.0. The zero-order chi connectivity index (χ0) is 12.1. The number of hydrogen-bond acceptors (Lipinski definition) is 3. The van der Waals surface area contributed by atoms with E-state index in [4.69, 9.17) is 5.11 Å². The van der Waals surface area contributed by atoms with Gasteiger partial charge in [0.05, 0.1) is 17.4 Å². The third-order valence-electron chi connectivity index (χ3n) is 2.88. The lowest BCUT2D eigenvalue weighted by Gasteiger charge is -2.04. The Morgan fingerprint density at radius 2 is 2.24 bits per heavy atom. The van der Waals surface area contributed by atoms with E-state index in [9.17, 15) is 0 Å². The number of aromatic nitrogens is 2. The quantitative estimate of drug-likeness (QED) is 0.742. The van der Waals surface area contributed by atoms with Crippen molar-refractivity contribution >= 4 is 11.0 Å².